The van der Waals surface area contributed by atoms with Crippen molar-refractivity contribution in [2.45, 2.75) is 35.7 Å². The SMILES string of the molecule is C[C@H](NC(=O)c1ccc(NC(=O)c2ccccc2SSc2ccccc2C(=O)Nc2ccc(C(=O)N[C@@H](C)C(=O)O)cc2)cc1)C(=O)O. The standard InChI is InChI=1S/C34H30N4O8S2/c1-19(33(43)44)35-29(39)21-11-15-23(16-12-21)37-31(41)25-7-3-5-9-27(25)47-48-28-10-6-4-8-26(28)32(42)38-24-17-13-22(14-18-24)30(40)36-20(2)34(45)46/h3-20H,1-2H3,(H,35,39)(H,36,40)(H,37,41)(H,38,42)(H,43,44)(H,45,46)/t19-,20-/m0/s1. The summed E-state index contributed by atoms with van der Waals surface area (Å²) >= 11 is 0. The summed E-state index contributed by atoms with van der Waals surface area (Å²) in [4.78, 5) is 74.3. The maximum atomic E-state index is 13.2. The molecule has 4 amide bonds. The van der Waals surface area contributed by atoms with Crippen LogP contribution < -0.4 is 21.3 Å². The van der Waals surface area contributed by atoms with Gasteiger partial charge in [0.1, 0.15) is 12.1 Å². The zero-order chi connectivity index (χ0) is 34.8. The molecule has 0 saturated heterocycles. The third-order valence-electron chi connectivity index (χ3n) is 6.73. The van der Waals surface area contributed by atoms with E-state index in [0.29, 0.717) is 32.3 Å². The fourth-order valence-electron chi connectivity index (χ4n) is 4.03. The zero-order valence-corrected chi connectivity index (χ0v) is 27.2. The lowest BCUT2D eigenvalue weighted by atomic mass is 10.1. The van der Waals surface area contributed by atoms with Gasteiger partial charge < -0.3 is 31.5 Å². The van der Waals surface area contributed by atoms with Crippen molar-refractivity contribution in [3.8, 4) is 0 Å². The van der Waals surface area contributed by atoms with Crippen LogP contribution in [-0.4, -0.2) is 57.9 Å². The van der Waals surface area contributed by atoms with Crippen LogP contribution in [0, 0.1) is 0 Å². The number of carboxylic acid groups (broad SMARTS) is 2. The summed E-state index contributed by atoms with van der Waals surface area (Å²) in [6.07, 6.45) is 0. The van der Waals surface area contributed by atoms with Gasteiger partial charge in [0.2, 0.25) is 0 Å². The molecule has 0 radical (unpaired) electrons. The molecular formula is C34H30N4O8S2. The second-order valence-corrected chi connectivity index (χ2v) is 12.5. The van der Waals surface area contributed by atoms with Crippen LogP contribution in [0.5, 0.6) is 0 Å². The molecule has 0 aromatic heterocycles. The molecule has 0 fully saturated rings. The van der Waals surface area contributed by atoms with Crippen LogP contribution in [0.2, 0.25) is 0 Å². The van der Waals surface area contributed by atoms with Crippen molar-refractivity contribution >= 4 is 68.5 Å². The number of carbonyl (C=O) groups excluding carboxylic acids is 4. The van der Waals surface area contributed by atoms with Crippen LogP contribution in [0.1, 0.15) is 55.3 Å². The number of rotatable bonds is 13. The largest absolute Gasteiger partial charge is 0.480 e. The minimum atomic E-state index is -1.16. The Kier molecular flexibility index (Phi) is 12.0. The minimum absolute atomic E-state index is 0.239. The second kappa shape index (κ2) is 16.3. The molecule has 0 aliphatic carbocycles. The van der Waals surface area contributed by atoms with E-state index >= 15 is 0 Å². The Labute approximate surface area is 283 Å². The van der Waals surface area contributed by atoms with Crippen molar-refractivity contribution in [2.75, 3.05) is 10.6 Å². The van der Waals surface area contributed by atoms with Crippen molar-refractivity contribution in [2.24, 2.45) is 0 Å². The molecule has 0 aliphatic rings. The maximum Gasteiger partial charge on any atom is 0.325 e. The molecule has 0 bridgehead atoms. The van der Waals surface area contributed by atoms with Crippen LogP contribution in [-0.2, 0) is 9.59 Å². The number of carboxylic acids is 2. The smallest absolute Gasteiger partial charge is 0.325 e. The van der Waals surface area contributed by atoms with Gasteiger partial charge in [-0.05, 0) is 86.6 Å². The molecule has 0 aliphatic heterocycles. The Morgan fingerprint density at radius 1 is 0.500 bits per heavy atom. The van der Waals surface area contributed by atoms with Crippen LogP contribution in [0.25, 0.3) is 0 Å². The lowest BCUT2D eigenvalue weighted by molar-refractivity contribution is -0.139. The highest BCUT2D eigenvalue weighted by atomic mass is 33.1. The summed E-state index contributed by atoms with van der Waals surface area (Å²) in [6, 6.07) is 23.9. The molecule has 0 unspecified atom stereocenters. The molecular weight excluding hydrogens is 657 g/mol. The van der Waals surface area contributed by atoms with Crippen molar-refractivity contribution in [3.05, 3.63) is 119 Å². The van der Waals surface area contributed by atoms with E-state index in [1.54, 1.807) is 72.8 Å². The van der Waals surface area contributed by atoms with Crippen molar-refractivity contribution in [1.29, 1.82) is 0 Å². The van der Waals surface area contributed by atoms with Gasteiger partial charge in [0.15, 0.2) is 0 Å². The number of hydrogen-bond donors (Lipinski definition) is 6. The minimum Gasteiger partial charge on any atom is -0.480 e. The number of nitrogens with one attached hydrogen (secondary N) is 4. The highest BCUT2D eigenvalue weighted by Gasteiger charge is 2.19. The molecule has 0 heterocycles. The van der Waals surface area contributed by atoms with E-state index in [4.69, 9.17) is 10.2 Å². The number of amides is 4. The van der Waals surface area contributed by atoms with E-state index in [1.807, 2.05) is 0 Å². The normalized spacial score (nSPS) is 11.8. The monoisotopic (exact) mass is 686 g/mol. The topological polar surface area (TPSA) is 191 Å². The molecule has 246 valence electrons. The van der Waals surface area contributed by atoms with Crippen LogP contribution >= 0.6 is 21.6 Å². The van der Waals surface area contributed by atoms with Gasteiger partial charge in [-0.3, -0.25) is 28.8 Å². The van der Waals surface area contributed by atoms with Gasteiger partial charge in [-0.1, -0.05) is 45.9 Å². The molecule has 0 spiro atoms. The maximum absolute atomic E-state index is 13.2. The first kappa shape index (κ1) is 35.3. The van der Waals surface area contributed by atoms with Gasteiger partial charge in [-0.15, -0.1) is 0 Å². The Bertz CT molecular complexity index is 1710. The number of anilines is 2. The summed E-state index contributed by atoms with van der Waals surface area (Å²) in [6.45, 7) is 2.71. The lowest BCUT2D eigenvalue weighted by Gasteiger charge is -2.13. The Balaban J connectivity index is 1.39. The lowest BCUT2D eigenvalue weighted by Crippen LogP contribution is -2.38. The highest BCUT2D eigenvalue weighted by molar-refractivity contribution is 8.76. The van der Waals surface area contributed by atoms with E-state index in [-0.39, 0.29) is 11.1 Å². The Morgan fingerprint density at radius 2 is 0.833 bits per heavy atom. The number of hydrogen-bond acceptors (Lipinski definition) is 8. The Morgan fingerprint density at radius 3 is 1.17 bits per heavy atom. The van der Waals surface area contributed by atoms with Gasteiger partial charge >= 0.3 is 11.9 Å². The molecule has 4 aromatic carbocycles. The van der Waals surface area contributed by atoms with Gasteiger partial charge in [0.05, 0.1) is 11.1 Å². The van der Waals surface area contributed by atoms with Crippen LogP contribution in [0.15, 0.2) is 107 Å². The van der Waals surface area contributed by atoms with Crippen LogP contribution in [0.3, 0.4) is 0 Å². The third-order valence-corrected chi connectivity index (χ3v) is 9.21. The molecule has 0 saturated carbocycles. The molecule has 4 rings (SSSR count). The molecule has 48 heavy (non-hydrogen) atoms. The third kappa shape index (κ3) is 9.47. The molecule has 14 heteroatoms. The quantitative estimate of drug-likeness (QED) is 0.0994. The van der Waals surface area contributed by atoms with E-state index in [2.05, 4.69) is 21.3 Å². The average molecular weight is 687 g/mol. The molecule has 6 N–H and O–H groups in total. The van der Waals surface area contributed by atoms with Crippen molar-refractivity contribution in [3.63, 3.8) is 0 Å². The summed E-state index contributed by atoms with van der Waals surface area (Å²) in [5.74, 6) is -4.21. The Hall–Kier alpha value is -5.60. The van der Waals surface area contributed by atoms with Crippen molar-refractivity contribution < 1.29 is 39.0 Å². The van der Waals surface area contributed by atoms with E-state index in [0.717, 1.165) is 0 Å². The second-order valence-electron chi connectivity index (χ2n) is 10.3. The zero-order valence-electron chi connectivity index (χ0n) is 25.6. The first-order valence-electron chi connectivity index (χ1n) is 14.4. The van der Waals surface area contributed by atoms with E-state index in [1.165, 1.54) is 59.7 Å². The summed E-state index contributed by atoms with van der Waals surface area (Å²) in [7, 11) is 2.58. The summed E-state index contributed by atoms with van der Waals surface area (Å²) < 4.78 is 0. The predicted octanol–water partition coefficient (Wildman–Crippen LogP) is 5.40. The van der Waals surface area contributed by atoms with Gasteiger partial charge in [-0.25, -0.2) is 0 Å². The van der Waals surface area contributed by atoms with E-state index in [9.17, 15) is 28.8 Å². The van der Waals surface area contributed by atoms with Crippen LogP contribution in [0.4, 0.5) is 11.4 Å². The van der Waals surface area contributed by atoms with Gasteiger partial charge in [0, 0.05) is 32.3 Å². The van der Waals surface area contributed by atoms with Crippen molar-refractivity contribution in [1.82, 2.24) is 10.6 Å². The molecule has 2 atom stereocenters. The molecule has 4 aromatic rings. The highest BCUT2D eigenvalue weighted by Crippen LogP contribution is 2.40. The first-order valence-corrected chi connectivity index (χ1v) is 16.5. The average Bonchev–Trinajstić information content (AvgIpc) is 3.08. The number of benzene rings is 4. The first-order chi connectivity index (χ1) is 22.9. The fourth-order valence-corrected chi connectivity index (χ4v) is 6.39. The number of carbonyl (C=O) groups is 6. The van der Waals surface area contributed by atoms with E-state index < -0.39 is 47.7 Å². The summed E-state index contributed by atoms with van der Waals surface area (Å²) in [5, 5.41) is 28.3. The fraction of sp³-hybridized carbons (Fsp3) is 0.118. The van der Waals surface area contributed by atoms with Gasteiger partial charge in [0.25, 0.3) is 23.6 Å². The molecule has 12 nitrogen and oxygen atoms in total. The predicted molar refractivity (Wildman–Crippen MR) is 183 cm³/mol. The summed E-state index contributed by atoms with van der Waals surface area (Å²) in [5.41, 5.74) is 2.11. The van der Waals surface area contributed by atoms with Gasteiger partial charge in [-0.2, -0.15) is 0 Å². The number of aliphatic carboxylic acids is 2.